The van der Waals surface area contributed by atoms with Crippen LogP contribution in [0.5, 0.6) is 0 Å². The van der Waals surface area contributed by atoms with Crippen LogP contribution in [0.4, 0.5) is 11.4 Å². The van der Waals surface area contributed by atoms with E-state index in [1.54, 1.807) is 18.2 Å². The molecule has 1 aliphatic carbocycles. The van der Waals surface area contributed by atoms with Crippen molar-refractivity contribution in [1.82, 2.24) is 14.5 Å². The SMILES string of the molecule is O=C(O)C1CC(c2ccccc2[N+](=O)[O-])Sc2c(C3CC3)c3c(-c4ccccc4)nc(-c4ccc([N+](=O)[O-])cc4)nc3c(=O)n21. The molecule has 12 nitrogen and oxygen atoms in total. The second-order valence-corrected chi connectivity index (χ2v) is 12.2. The van der Waals surface area contributed by atoms with Crippen LogP contribution in [0.3, 0.4) is 0 Å². The van der Waals surface area contributed by atoms with Gasteiger partial charge in [-0.3, -0.25) is 29.6 Å². The quantitative estimate of drug-likeness (QED) is 0.153. The monoisotopic (exact) mass is 621 g/mol. The van der Waals surface area contributed by atoms with Crippen molar-refractivity contribution in [3.63, 3.8) is 0 Å². The lowest BCUT2D eigenvalue weighted by atomic mass is 9.98. The van der Waals surface area contributed by atoms with E-state index in [0.717, 1.165) is 18.4 Å². The Labute approximate surface area is 258 Å². The molecule has 2 aromatic heterocycles. The Morgan fingerprint density at radius 2 is 1.58 bits per heavy atom. The van der Waals surface area contributed by atoms with Crippen LogP contribution >= 0.6 is 11.8 Å². The highest BCUT2D eigenvalue weighted by Crippen LogP contribution is 2.55. The zero-order valence-electron chi connectivity index (χ0n) is 23.4. The molecule has 2 unspecified atom stereocenters. The van der Waals surface area contributed by atoms with Gasteiger partial charge in [0, 0.05) is 45.5 Å². The smallest absolute Gasteiger partial charge is 0.326 e. The zero-order chi connectivity index (χ0) is 31.4. The number of carboxylic acid groups (broad SMARTS) is 1. The van der Waals surface area contributed by atoms with E-state index >= 15 is 0 Å². The van der Waals surface area contributed by atoms with Gasteiger partial charge in [-0.25, -0.2) is 14.8 Å². The first kappa shape index (κ1) is 28.3. The lowest BCUT2D eigenvalue weighted by Crippen LogP contribution is -2.36. The molecule has 1 fully saturated rings. The minimum Gasteiger partial charge on any atom is -0.480 e. The molecule has 1 aliphatic heterocycles. The Kier molecular flexibility index (Phi) is 6.89. The molecule has 5 aromatic rings. The summed E-state index contributed by atoms with van der Waals surface area (Å²) < 4.78 is 1.29. The fraction of sp³-hybridized carbons (Fsp3) is 0.188. The van der Waals surface area contributed by atoms with Crippen molar-refractivity contribution in [1.29, 1.82) is 0 Å². The minimum absolute atomic E-state index is 0.0112. The highest BCUT2D eigenvalue weighted by atomic mass is 32.2. The molecule has 0 saturated heterocycles. The number of aromatic nitrogens is 3. The third-order valence-corrected chi connectivity index (χ3v) is 9.56. The number of aliphatic carboxylic acids is 1. The normalized spacial score (nSPS) is 17.5. The molecule has 2 aliphatic rings. The summed E-state index contributed by atoms with van der Waals surface area (Å²) >= 11 is 1.27. The summed E-state index contributed by atoms with van der Waals surface area (Å²) in [6.45, 7) is 0. The first-order chi connectivity index (χ1) is 21.7. The number of benzene rings is 3. The lowest BCUT2D eigenvalue weighted by Gasteiger charge is -2.33. The molecule has 224 valence electrons. The zero-order valence-corrected chi connectivity index (χ0v) is 24.2. The second-order valence-electron chi connectivity index (χ2n) is 11.0. The molecule has 0 amide bonds. The summed E-state index contributed by atoms with van der Waals surface area (Å²) in [6, 6.07) is 19.9. The number of hydrogen-bond donors (Lipinski definition) is 1. The van der Waals surface area contributed by atoms with E-state index < -0.39 is 32.7 Å². The third-order valence-electron chi connectivity index (χ3n) is 8.19. The highest BCUT2D eigenvalue weighted by Gasteiger charge is 2.42. The van der Waals surface area contributed by atoms with Gasteiger partial charge in [-0.15, -0.1) is 0 Å². The summed E-state index contributed by atoms with van der Waals surface area (Å²) in [5, 5.41) is 34.0. The van der Waals surface area contributed by atoms with Crippen molar-refractivity contribution < 1.29 is 19.7 Å². The summed E-state index contributed by atoms with van der Waals surface area (Å²) in [4.78, 5) is 58.9. The Morgan fingerprint density at radius 3 is 2.22 bits per heavy atom. The molecule has 3 aromatic carbocycles. The van der Waals surface area contributed by atoms with Gasteiger partial charge in [0.05, 0.1) is 20.6 Å². The number of carbonyl (C=O) groups is 1. The second kappa shape index (κ2) is 10.9. The molecule has 7 rings (SSSR count). The molecule has 1 N–H and O–H groups in total. The first-order valence-electron chi connectivity index (χ1n) is 14.2. The van der Waals surface area contributed by atoms with E-state index in [4.69, 9.17) is 4.98 Å². The largest absolute Gasteiger partial charge is 0.480 e. The topological polar surface area (TPSA) is 171 Å². The number of carboxylic acids is 1. The molecule has 1 saturated carbocycles. The van der Waals surface area contributed by atoms with E-state index in [-0.39, 0.29) is 35.1 Å². The standard InChI is InChI=1S/C32H23N5O7S/c38-30-28-26(27(18-6-2-1-3-7-18)33-29(34-28)19-12-14-20(15-13-19)36(41)42)25(17-10-11-17)31-35(30)23(32(39)40)16-24(45-31)21-8-4-5-9-22(21)37(43)44/h1-9,12-15,17,23-24H,10-11,16H2,(H,39,40). The van der Waals surface area contributed by atoms with Gasteiger partial charge in [-0.1, -0.05) is 60.3 Å². The average molecular weight is 622 g/mol. The van der Waals surface area contributed by atoms with Crippen LogP contribution < -0.4 is 5.56 Å². The molecule has 13 heteroatoms. The van der Waals surface area contributed by atoms with Crippen LogP contribution in [0.15, 0.2) is 88.7 Å². The van der Waals surface area contributed by atoms with E-state index in [2.05, 4.69) is 4.98 Å². The summed E-state index contributed by atoms with van der Waals surface area (Å²) in [5.74, 6) is -1.04. The van der Waals surface area contributed by atoms with Gasteiger partial charge in [-0.2, -0.15) is 0 Å². The van der Waals surface area contributed by atoms with Gasteiger partial charge in [0.2, 0.25) is 0 Å². The van der Waals surface area contributed by atoms with E-state index in [1.165, 1.54) is 46.7 Å². The van der Waals surface area contributed by atoms with Gasteiger partial charge < -0.3 is 5.11 Å². The number of fused-ring (bicyclic) bond motifs is 2. The van der Waals surface area contributed by atoms with Crippen molar-refractivity contribution in [3.05, 3.63) is 121 Å². The van der Waals surface area contributed by atoms with Crippen molar-refractivity contribution in [2.75, 3.05) is 0 Å². The van der Waals surface area contributed by atoms with Crippen LogP contribution in [0.2, 0.25) is 0 Å². The number of thioether (sulfide) groups is 1. The third kappa shape index (κ3) is 4.90. The predicted octanol–water partition coefficient (Wildman–Crippen LogP) is 6.68. The fourth-order valence-corrected chi connectivity index (χ4v) is 7.55. The van der Waals surface area contributed by atoms with Crippen LogP contribution in [0, 0.1) is 20.2 Å². The van der Waals surface area contributed by atoms with E-state index in [9.17, 15) is 34.9 Å². The van der Waals surface area contributed by atoms with Crippen molar-refractivity contribution in [3.8, 4) is 22.6 Å². The minimum atomic E-state index is -1.29. The van der Waals surface area contributed by atoms with Crippen molar-refractivity contribution >= 4 is 40.0 Å². The molecular weight excluding hydrogens is 598 g/mol. The number of nitro benzene ring substituents is 2. The van der Waals surface area contributed by atoms with Crippen molar-refractivity contribution in [2.24, 2.45) is 0 Å². The van der Waals surface area contributed by atoms with Gasteiger partial charge in [0.15, 0.2) is 5.82 Å². The molecule has 0 spiro atoms. The number of nitro groups is 2. The molecular formula is C32H23N5O7S. The molecule has 3 heterocycles. The molecule has 45 heavy (non-hydrogen) atoms. The molecule has 0 radical (unpaired) electrons. The van der Waals surface area contributed by atoms with E-state index in [0.29, 0.717) is 32.8 Å². The van der Waals surface area contributed by atoms with Gasteiger partial charge in [0.25, 0.3) is 16.9 Å². The molecule has 2 atom stereocenters. The van der Waals surface area contributed by atoms with Crippen LogP contribution in [-0.2, 0) is 4.79 Å². The summed E-state index contributed by atoms with van der Waals surface area (Å²) in [7, 11) is 0. The van der Waals surface area contributed by atoms with Gasteiger partial charge in [0.1, 0.15) is 11.6 Å². The maximum absolute atomic E-state index is 14.4. The maximum atomic E-state index is 14.4. The van der Waals surface area contributed by atoms with Crippen LogP contribution in [-0.4, -0.2) is 35.5 Å². The summed E-state index contributed by atoms with van der Waals surface area (Å²) in [5.41, 5.74) is 2.04. The van der Waals surface area contributed by atoms with E-state index in [1.807, 2.05) is 30.3 Å². The first-order valence-corrected chi connectivity index (χ1v) is 15.0. The number of hydrogen-bond acceptors (Lipinski definition) is 9. The lowest BCUT2D eigenvalue weighted by molar-refractivity contribution is -0.385. The Morgan fingerprint density at radius 1 is 0.889 bits per heavy atom. The number of pyridine rings is 1. The van der Waals surface area contributed by atoms with Crippen molar-refractivity contribution in [2.45, 2.75) is 41.5 Å². The molecule has 0 bridgehead atoms. The summed E-state index contributed by atoms with van der Waals surface area (Å²) in [6.07, 6.45) is 1.58. The van der Waals surface area contributed by atoms with Crippen LogP contribution in [0.1, 0.15) is 47.6 Å². The Bertz CT molecular complexity index is 2100. The number of para-hydroxylation sites is 1. The average Bonchev–Trinajstić information content (AvgIpc) is 3.90. The fourth-order valence-electron chi connectivity index (χ4n) is 5.95. The Balaban J connectivity index is 1.54. The Hall–Kier alpha value is -5.43. The number of rotatable bonds is 7. The van der Waals surface area contributed by atoms with Gasteiger partial charge >= 0.3 is 5.97 Å². The number of non-ortho nitro benzene ring substituents is 1. The maximum Gasteiger partial charge on any atom is 0.326 e. The van der Waals surface area contributed by atoms with Gasteiger partial charge in [-0.05, 0) is 42.9 Å². The van der Waals surface area contributed by atoms with Crippen LogP contribution in [0.25, 0.3) is 33.5 Å². The highest BCUT2D eigenvalue weighted by molar-refractivity contribution is 7.99. The predicted molar refractivity (Wildman–Crippen MR) is 166 cm³/mol. The number of nitrogens with zero attached hydrogens (tertiary/aromatic N) is 5.